The van der Waals surface area contributed by atoms with Crippen molar-refractivity contribution in [1.82, 2.24) is 4.98 Å². The summed E-state index contributed by atoms with van der Waals surface area (Å²) in [5.74, 6) is 0. The van der Waals surface area contributed by atoms with Crippen molar-refractivity contribution in [2.45, 2.75) is 0 Å². The predicted molar refractivity (Wildman–Crippen MR) is 73.1 cm³/mol. The first kappa shape index (κ1) is 12.2. The van der Waals surface area contributed by atoms with E-state index in [1.54, 1.807) is 24.4 Å². The van der Waals surface area contributed by atoms with E-state index in [2.05, 4.69) is 39.1 Å². The minimum Gasteiger partial charge on any atom is -0.398 e. The number of pyridine rings is 1. The van der Waals surface area contributed by atoms with Crippen LogP contribution in [0.3, 0.4) is 0 Å². The molecule has 1 aromatic heterocycles. The Balaban J connectivity index is 2.93. The Morgan fingerprint density at radius 3 is 2.87 bits per heavy atom. The minimum atomic E-state index is 0.445. The van der Waals surface area contributed by atoms with Crippen LogP contribution in [-0.4, -0.2) is 8.70 Å². The summed E-state index contributed by atoms with van der Waals surface area (Å²) in [6.45, 7) is 3.50. The third kappa shape index (κ3) is 4.01. The summed E-state index contributed by atoms with van der Waals surface area (Å²) in [7, 11) is 0. The van der Waals surface area contributed by atoms with Crippen LogP contribution >= 0.6 is 34.2 Å². The molecule has 0 saturated carbocycles. The normalized spacial score (nSPS) is 12.7. The molecule has 0 spiro atoms. The van der Waals surface area contributed by atoms with Gasteiger partial charge in [-0.25, -0.2) is 4.98 Å². The summed E-state index contributed by atoms with van der Waals surface area (Å²) in [5, 5.41) is 0.445. The van der Waals surface area contributed by atoms with E-state index in [9.17, 15) is 0 Å². The standard InChI is InChI=1S/C10H9ClIN3/c1-2-14-10(12)5-8(13)7-3-4-9(11)15-6-7/h2-6H,1,13H2/b8-5-,14-10+. The zero-order valence-corrected chi connectivity index (χ0v) is 10.7. The van der Waals surface area contributed by atoms with Gasteiger partial charge in [0.15, 0.2) is 0 Å². The molecule has 1 rings (SSSR count). The molecule has 3 nitrogen and oxygen atoms in total. The van der Waals surface area contributed by atoms with Crippen LogP contribution in [0, 0.1) is 0 Å². The third-order valence-electron chi connectivity index (χ3n) is 1.55. The van der Waals surface area contributed by atoms with Crippen LogP contribution in [-0.2, 0) is 0 Å². The van der Waals surface area contributed by atoms with E-state index in [1.807, 2.05) is 0 Å². The molecule has 1 heterocycles. The molecule has 1 aromatic rings. The van der Waals surface area contributed by atoms with Gasteiger partial charge in [-0.05, 0) is 40.8 Å². The van der Waals surface area contributed by atoms with Gasteiger partial charge in [-0.3, -0.25) is 4.99 Å². The Morgan fingerprint density at radius 1 is 1.60 bits per heavy atom. The number of nitrogens with two attached hydrogens (primary N) is 1. The van der Waals surface area contributed by atoms with Crippen LogP contribution in [0.1, 0.15) is 5.56 Å². The van der Waals surface area contributed by atoms with Crippen LogP contribution in [0.4, 0.5) is 0 Å². The monoisotopic (exact) mass is 333 g/mol. The Kier molecular flexibility index (Phi) is 4.77. The van der Waals surface area contributed by atoms with E-state index in [-0.39, 0.29) is 0 Å². The molecule has 5 heteroatoms. The maximum atomic E-state index is 5.83. The highest BCUT2D eigenvalue weighted by atomic mass is 127. The fourth-order valence-electron chi connectivity index (χ4n) is 0.883. The summed E-state index contributed by atoms with van der Waals surface area (Å²) >= 11 is 7.73. The summed E-state index contributed by atoms with van der Waals surface area (Å²) < 4.78 is 0.759. The first-order valence-electron chi connectivity index (χ1n) is 4.07. The van der Waals surface area contributed by atoms with Gasteiger partial charge >= 0.3 is 0 Å². The second-order valence-electron chi connectivity index (χ2n) is 2.60. The van der Waals surface area contributed by atoms with Crippen molar-refractivity contribution in [2.75, 3.05) is 0 Å². The predicted octanol–water partition coefficient (Wildman–Crippen LogP) is 3.01. The lowest BCUT2D eigenvalue weighted by Crippen LogP contribution is -1.98. The second kappa shape index (κ2) is 5.87. The molecule has 0 aliphatic heterocycles. The summed E-state index contributed by atoms with van der Waals surface area (Å²) in [6, 6.07) is 3.49. The molecule has 0 amide bonds. The highest BCUT2D eigenvalue weighted by Crippen LogP contribution is 2.12. The lowest BCUT2D eigenvalue weighted by atomic mass is 10.2. The van der Waals surface area contributed by atoms with Crippen LogP contribution in [0.5, 0.6) is 0 Å². The molecule has 0 aromatic carbocycles. The molecular weight excluding hydrogens is 324 g/mol. The number of rotatable bonds is 3. The van der Waals surface area contributed by atoms with Crippen molar-refractivity contribution >= 4 is 43.6 Å². The number of hydrogen-bond acceptors (Lipinski definition) is 3. The van der Waals surface area contributed by atoms with Gasteiger partial charge in [0, 0.05) is 23.7 Å². The van der Waals surface area contributed by atoms with Crippen LogP contribution in [0.25, 0.3) is 5.70 Å². The van der Waals surface area contributed by atoms with Gasteiger partial charge in [0.1, 0.15) is 8.87 Å². The van der Waals surface area contributed by atoms with Crippen LogP contribution in [0.15, 0.2) is 42.2 Å². The largest absolute Gasteiger partial charge is 0.398 e. The maximum absolute atomic E-state index is 5.83. The van der Waals surface area contributed by atoms with Gasteiger partial charge in [0.25, 0.3) is 0 Å². The number of nitrogens with zero attached hydrogens (tertiary/aromatic N) is 2. The van der Waals surface area contributed by atoms with Gasteiger partial charge in [0.2, 0.25) is 0 Å². The van der Waals surface area contributed by atoms with Gasteiger partial charge in [0.05, 0.1) is 0 Å². The lowest BCUT2D eigenvalue weighted by molar-refractivity contribution is 1.30. The third-order valence-corrected chi connectivity index (χ3v) is 2.36. The Morgan fingerprint density at radius 2 is 2.33 bits per heavy atom. The zero-order chi connectivity index (χ0) is 11.3. The van der Waals surface area contributed by atoms with Crippen molar-refractivity contribution in [3.63, 3.8) is 0 Å². The lowest BCUT2D eigenvalue weighted by Gasteiger charge is -2.00. The molecule has 0 bridgehead atoms. The van der Waals surface area contributed by atoms with Crippen molar-refractivity contribution in [3.05, 3.63) is 47.9 Å². The first-order valence-corrected chi connectivity index (χ1v) is 5.52. The van der Waals surface area contributed by atoms with E-state index < -0.39 is 0 Å². The molecule has 2 N–H and O–H groups in total. The average molecular weight is 334 g/mol. The molecule has 0 atom stereocenters. The van der Waals surface area contributed by atoms with E-state index in [1.165, 1.54) is 6.20 Å². The minimum absolute atomic E-state index is 0.445. The van der Waals surface area contributed by atoms with Crippen molar-refractivity contribution in [1.29, 1.82) is 0 Å². The molecular formula is C10H9ClIN3. The zero-order valence-electron chi connectivity index (χ0n) is 7.82. The topological polar surface area (TPSA) is 51.3 Å². The van der Waals surface area contributed by atoms with Gasteiger partial charge in [-0.15, -0.1) is 0 Å². The van der Waals surface area contributed by atoms with E-state index in [0.717, 1.165) is 9.28 Å². The number of hydrogen-bond donors (Lipinski definition) is 1. The van der Waals surface area contributed by atoms with Crippen molar-refractivity contribution in [3.8, 4) is 0 Å². The number of allylic oxidation sites excluding steroid dienone is 1. The molecule has 0 aliphatic carbocycles. The molecule has 78 valence electrons. The fourth-order valence-corrected chi connectivity index (χ4v) is 1.53. The van der Waals surface area contributed by atoms with Gasteiger partial charge in [-0.2, -0.15) is 0 Å². The first-order chi connectivity index (χ1) is 7.13. The molecule has 0 saturated heterocycles. The summed E-state index contributed by atoms with van der Waals surface area (Å²) in [5.41, 5.74) is 7.24. The van der Waals surface area contributed by atoms with Gasteiger partial charge < -0.3 is 5.73 Å². The number of aromatic nitrogens is 1. The Hall–Kier alpha value is -0.880. The van der Waals surface area contributed by atoms with Crippen molar-refractivity contribution in [2.24, 2.45) is 10.7 Å². The maximum Gasteiger partial charge on any atom is 0.129 e. The Labute approximate surface area is 107 Å². The van der Waals surface area contributed by atoms with Gasteiger partial charge in [-0.1, -0.05) is 18.2 Å². The number of aliphatic imine (C=N–C) groups is 1. The van der Waals surface area contributed by atoms with Crippen LogP contribution < -0.4 is 5.73 Å². The highest BCUT2D eigenvalue weighted by Gasteiger charge is 1.98. The number of halogens is 2. The smallest absolute Gasteiger partial charge is 0.129 e. The summed E-state index contributed by atoms with van der Waals surface area (Å²) in [4.78, 5) is 7.91. The highest BCUT2D eigenvalue weighted by molar-refractivity contribution is 14.1. The molecule has 0 fully saturated rings. The average Bonchev–Trinajstić information content (AvgIpc) is 2.18. The molecule has 0 aliphatic rings. The molecule has 0 unspecified atom stereocenters. The second-order valence-corrected chi connectivity index (χ2v) is 4.10. The van der Waals surface area contributed by atoms with Crippen LogP contribution in [0.2, 0.25) is 5.15 Å². The fraction of sp³-hybridized carbons (Fsp3) is 0. The van der Waals surface area contributed by atoms with E-state index >= 15 is 0 Å². The van der Waals surface area contributed by atoms with E-state index in [4.69, 9.17) is 17.3 Å². The SMILES string of the molecule is C=C/N=C(I)\C=C(/N)c1ccc(Cl)nc1. The molecule has 15 heavy (non-hydrogen) atoms. The Bertz CT molecular complexity index is 409. The van der Waals surface area contributed by atoms with Crippen molar-refractivity contribution < 1.29 is 0 Å². The summed E-state index contributed by atoms with van der Waals surface area (Å²) in [6.07, 6.45) is 4.82. The molecule has 0 radical (unpaired) electrons. The van der Waals surface area contributed by atoms with E-state index in [0.29, 0.717) is 10.9 Å². The quantitative estimate of drug-likeness (QED) is 0.525.